The molecule has 3 N–H and O–H groups in total. The molecule has 2 unspecified atom stereocenters. The van der Waals surface area contributed by atoms with Crippen molar-refractivity contribution < 1.29 is 0 Å². The molecule has 2 atom stereocenters. The van der Waals surface area contributed by atoms with E-state index in [1.165, 1.54) is 19.3 Å². The zero-order valence-corrected chi connectivity index (χ0v) is 11.9. The van der Waals surface area contributed by atoms with Gasteiger partial charge in [0.1, 0.15) is 5.82 Å². The summed E-state index contributed by atoms with van der Waals surface area (Å²) >= 11 is 2.03. The standard InChI is InChI=1S/C13H19N5S/c1-2-19-10-5-3-4-9(10)16-12-13-15-6-7-18(13)8-11(14)17-12/h6-10H,2-5,14H2,1H3,(H,16,17). The fraction of sp³-hybridized carbons (Fsp3) is 0.538. The third-order valence-corrected chi connectivity index (χ3v) is 4.87. The molecule has 0 radical (unpaired) electrons. The summed E-state index contributed by atoms with van der Waals surface area (Å²) in [5, 5.41) is 4.22. The number of rotatable bonds is 4. The van der Waals surface area contributed by atoms with Crippen LogP contribution in [0.15, 0.2) is 18.6 Å². The molecule has 1 fully saturated rings. The molecule has 0 amide bonds. The molecule has 2 aromatic heterocycles. The first-order valence-corrected chi connectivity index (χ1v) is 7.80. The molecule has 2 heterocycles. The number of hydrogen-bond acceptors (Lipinski definition) is 5. The lowest BCUT2D eigenvalue weighted by Gasteiger charge is -2.21. The first-order valence-electron chi connectivity index (χ1n) is 6.75. The molecule has 0 bridgehead atoms. The maximum atomic E-state index is 5.85. The second-order valence-corrected chi connectivity index (χ2v) is 6.36. The Morgan fingerprint density at radius 3 is 3.26 bits per heavy atom. The third kappa shape index (κ3) is 2.49. The van der Waals surface area contributed by atoms with E-state index in [4.69, 9.17) is 5.73 Å². The van der Waals surface area contributed by atoms with E-state index in [0.717, 1.165) is 17.2 Å². The molecule has 0 aliphatic heterocycles. The van der Waals surface area contributed by atoms with Crippen LogP contribution in [0, 0.1) is 0 Å². The van der Waals surface area contributed by atoms with Crippen molar-refractivity contribution in [3.05, 3.63) is 18.6 Å². The number of fused-ring (bicyclic) bond motifs is 1. The number of thioether (sulfide) groups is 1. The molecule has 1 aliphatic rings. The second kappa shape index (κ2) is 5.28. The van der Waals surface area contributed by atoms with Crippen LogP contribution < -0.4 is 11.1 Å². The molecule has 6 heteroatoms. The van der Waals surface area contributed by atoms with Crippen LogP contribution in [-0.4, -0.2) is 31.4 Å². The zero-order valence-electron chi connectivity index (χ0n) is 11.0. The SMILES string of the molecule is CCSC1CCCC1Nc1nc(N)cn2ccnc12. The molecular formula is C13H19N5S. The van der Waals surface area contributed by atoms with Crippen LogP contribution in [0.4, 0.5) is 11.6 Å². The van der Waals surface area contributed by atoms with Crippen molar-refractivity contribution in [1.82, 2.24) is 14.4 Å². The Balaban J connectivity index is 1.86. The molecule has 1 aliphatic carbocycles. The summed E-state index contributed by atoms with van der Waals surface area (Å²) in [5.41, 5.74) is 6.69. The van der Waals surface area contributed by atoms with Crippen molar-refractivity contribution in [1.29, 1.82) is 0 Å². The van der Waals surface area contributed by atoms with E-state index >= 15 is 0 Å². The van der Waals surface area contributed by atoms with Gasteiger partial charge in [-0.2, -0.15) is 11.8 Å². The van der Waals surface area contributed by atoms with E-state index < -0.39 is 0 Å². The van der Waals surface area contributed by atoms with Gasteiger partial charge in [0.15, 0.2) is 11.5 Å². The molecule has 19 heavy (non-hydrogen) atoms. The maximum Gasteiger partial charge on any atom is 0.180 e. The highest BCUT2D eigenvalue weighted by molar-refractivity contribution is 7.99. The topological polar surface area (TPSA) is 68.2 Å². The molecule has 0 saturated heterocycles. The fourth-order valence-corrected chi connectivity index (χ4v) is 3.93. The fourth-order valence-electron chi connectivity index (χ4n) is 2.73. The molecule has 1 saturated carbocycles. The number of nitrogens with two attached hydrogens (primary N) is 1. The van der Waals surface area contributed by atoms with Crippen molar-refractivity contribution >= 4 is 29.0 Å². The predicted octanol–water partition coefficient (Wildman–Crippen LogP) is 2.40. The van der Waals surface area contributed by atoms with E-state index in [1.54, 1.807) is 12.4 Å². The number of nitrogens with zero attached hydrogens (tertiary/aromatic N) is 3. The average molecular weight is 277 g/mol. The van der Waals surface area contributed by atoms with Crippen LogP contribution in [0.1, 0.15) is 26.2 Å². The molecule has 3 rings (SSSR count). The Morgan fingerprint density at radius 2 is 2.42 bits per heavy atom. The van der Waals surface area contributed by atoms with Gasteiger partial charge in [0.05, 0.1) is 6.20 Å². The quantitative estimate of drug-likeness (QED) is 0.898. The lowest BCUT2D eigenvalue weighted by Crippen LogP contribution is -2.27. The van der Waals surface area contributed by atoms with Gasteiger partial charge in [-0.15, -0.1) is 0 Å². The van der Waals surface area contributed by atoms with E-state index in [-0.39, 0.29) is 0 Å². The number of anilines is 2. The van der Waals surface area contributed by atoms with Gasteiger partial charge in [-0.05, 0) is 18.6 Å². The summed E-state index contributed by atoms with van der Waals surface area (Å²) in [7, 11) is 0. The van der Waals surface area contributed by atoms with Crippen LogP contribution in [0.2, 0.25) is 0 Å². The first kappa shape index (κ1) is 12.6. The number of imidazole rings is 1. The predicted molar refractivity (Wildman–Crippen MR) is 80.6 cm³/mol. The Hall–Kier alpha value is -1.43. The van der Waals surface area contributed by atoms with Gasteiger partial charge in [0.25, 0.3) is 0 Å². The number of nitrogen functional groups attached to an aromatic ring is 1. The minimum Gasteiger partial charge on any atom is -0.382 e. The second-order valence-electron chi connectivity index (χ2n) is 4.85. The number of aromatic nitrogens is 3. The minimum atomic E-state index is 0.472. The van der Waals surface area contributed by atoms with E-state index in [0.29, 0.717) is 17.1 Å². The van der Waals surface area contributed by atoms with Crippen LogP contribution in [0.3, 0.4) is 0 Å². The summed E-state index contributed by atoms with van der Waals surface area (Å²) in [5.74, 6) is 2.48. The average Bonchev–Trinajstić information content (AvgIpc) is 2.99. The van der Waals surface area contributed by atoms with Crippen molar-refractivity contribution in [2.45, 2.75) is 37.5 Å². The zero-order chi connectivity index (χ0) is 13.2. The van der Waals surface area contributed by atoms with Gasteiger partial charge >= 0.3 is 0 Å². The molecule has 5 nitrogen and oxygen atoms in total. The summed E-state index contributed by atoms with van der Waals surface area (Å²) in [6.07, 6.45) is 9.22. The van der Waals surface area contributed by atoms with Crippen LogP contribution in [-0.2, 0) is 0 Å². The van der Waals surface area contributed by atoms with Crippen LogP contribution in [0.5, 0.6) is 0 Å². The largest absolute Gasteiger partial charge is 0.382 e. The molecule has 102 valence electrons. The summed E-state index contributed by atoms with van der Waals surface area (Å²) < 4.78 is 1.92. The number of hydrogen-bond donors (Lipinski definition) is 2. The smallest absolute Gasteiger partial charge is 0.180 e. The monoisotopic (exact) mass is 277 g/mol. The van der Waals surface area contributed by atoms with Crippen LogP contribution in [0.25, 0.3) is 5.65 Å². The van der Waals surface area contributed by atoms with Crippen molar-refractivity contribution in [3.63, 3.8) is 0 Å². The molecule has 2 aromatic rings. The Labute approximate surface area is 117 Å². The van der Waals surface area contributed by atoms with Gasteiger partial charge in [0.2, 0.25) is 0 Å². The van der Waals surface area contributed by atoms with Gasteiger partial charge in [-0.25, -0.2) is 9.97 Å². The minimum absolute atomic E-state index is 0.472. The highest BCUT2D eigenvalue weighted by Gasteiger charge is 2.28. The molecule has 0 aromatic carbocycles. The highest BCUT2D eigenvalue weighted by Crippen LogP contribution is 2.32. The molecule has 0 spiro atoms. The summed E-state index contributed by atoms with van der Waals surface area (Å²) in [4.78, 5) is 8.75. The van der Waals surface area contributed by atoms with Gasteiger partial charge in [-0.1, -0.05) is 13.3 Å². The Morgan fingerprint density at radius 1 is 1.53 bits per heavy atom. The van der Waals surface area contributed by atoms with E-state index in [9.17, 15) is 0 Å². The molecular weight excluding hydrogens is 258 g/mol. The lowest BCUT2D eigenvalue weighted by atomic mass is 10.2. The number of nitrogens with one attached hydrogen (secondary N) is 1. The lowest BCUT2D eigenvalue weighted by molar-refractivity contribution is 0.762. The third-order valence-electron chi connectivity index (χ3n) is 3.55. The van der Waals surface area contributed by atoms with E-state index in [1.807, 2.05) is 22.4 Å². The maximum absolute atomic E-state index is 5.85. The van der Waals surface area contributed by atoms with Crippen molar-refractivity contribution in [2.75, 3.05) is 16.8 Å². The van der Waals surface area contributed by atoms with Gasteiger partial charge in [0, 0.05) is 23.7 Å². The van der Waals surface area contributed by atoms with Crippen molar-refractivity contribution in [2.24, 2.45) is 0 Å². The first-order chi connectivity index (χ1) is 9.28. The van der Waals surface area contributed by atoms with Crippen molar-refractivity contribution in [3.8, 4) is 0 Å². The van der Waals surface area contributed by atoms with Gasteiger partial charge < -0.3 is 15.5 Å². The highest BCUT2D eigenvalue weighted by atomic mass is 32.2. The Kier molecular flexibility index (Phi) is 3.50. The van der Waals surface area contributed by atoms with Gasteiger partial charge in [-0.3, -0.25) is 0 Å². The normalized spacial score (nSPS) is 23.0. The Bertz CT molecular complexity index is 567. The summed E-state index contributed by atoms with van der Waals surface area (Å²) in [6, 6.07) is 0.472. The summed E-state index contributed by atoms with van der Waals surface area (Å²) in [6.45, 7) is 2.21. The van der Waals surface area contributed by atoms with Crippen LogP contribution >= 0.6 is 11.8 Å². The van der Waals surface area contributed by atoms with E-state index in [2.05, 4.69) is 22.2 Å².